The Balaban J connectivity index is 1.92. The Morgan fingerprint density at radius 3 is 2.59 bits per heavy atom. The third-order valence-electron chi connectivity index (χ3n) is 4.71. The van der Waals surface area contributed by atoms with E-state index in [0.717, 1.165) is 0 Å². The van der Waals surface area contributed by atoms with Crippen LogP contribution in [-0.2, 0) is 16.0 Å². The molecule has 0 radical (unpaired) electrons. The monoisotopic (exact) mass is 412 g/mol. The Bertz CT molecular complexity index is 820. The number of likely N-dealkylation sites (tertiary alicyclic amines) is 1. The maximum absolute atomic E-state index is 13.1. The number of amides is 2. The Hall–Kier alpha value is -2.65. The van der Waals surface area contributed by atoms with Crippen LogP contribution in [0.3, 0.4) is 0 Å². The summed E-state index contributed by atoms with van der Waals surface area (Å²) in [6.45, 7) is 3.80. The molecule has 2 amide bonds. The molecule has 7 nitrogen and oxygen atoms in total. The predicted molar refractivity (Wildman–Crippen MR) is 98.0 cm³/mol. The molecule has 158 valence electrons. The van der Waals surface area contributed by atoms with Gasteiger partial charge in [0.15, 0.2) is 0 Å². The second-order valence-electron chi connectivity index (χ2n) is 8.26. The van der Waals surface area contributed by atoms with Crippen LogP contribution in [0, 0.1) is 5.41 Å². The second kappa shape index (κ2) is 7.31. The number of hydrogen-bond donors (Lipinski definition) is 0. The van der Waals surface area contributed by atoms with Crippen molar-refractivity contribution in [1.82, 2.24) is 14.9 Å². The minimum Gasteiger partial charge on any atom is -0.444 e. The highest BCUT2D eigenvalue weighted by molar-refractivity contribution is 6.13. The molecule has 1 aromatic rings. The highest BCUT2D eigenvalue weighted by Crippen LogP contribution is 2.39. The zero-order chi connectivity index (χ0) is 21.4. The van der Waals surface area contributed by atoms with E-state index in [-0.39, 0.29) is 25.9 Å². The van der Waals surface area contributed by atoms with Crippen LogP contribution in [0.25, 0.3) is 0 Å². The lowest BCUT2D eigenvalue weighted by Gasteiger charge is -2.39. The number of rotatable bonds is 3. The molecule has 0 bridgehead atoms. The van der Waals surface area contributed by atoms with E-state index in [4.69, 9.17) is 4.74 Å². The molecule has 29 heavy (non-hydrogen) atoms. The molecule has 0 saturated carbocycles. The molecule has 2 aliphatic rings. The fraction of sp³-hybridized carbons (Fsp3) is 0.579. The van der Waals surface area contributed by atoms with Gasteiger partial charge in [-0.25, -0.2) is 9.80 Å². The summed E-state index contributed by atoms with van der Waals surface area (Å²) >= 11 is 0. The maximum atomic E-state index is 13.1. The van der Waals surface area contributed by atoms with Crippen molar-refractivity contribution >= 4 is 17.7 Å². The molecule has 3 rings (SSSR count). The van der Waals surface area contributed by atoms with E-state index in [9.17, 15) is 22.8 Å². The SMILES string of the molecule is CC(C)(C)OC(=O)N1CCC2=NN(CC(F)(F)F)C(=O)C2(Cc2ccccn2)C1. The van der Waals surface area contributed by atoms with Crippen molar-refractivity contribution in [2.45, 2.75) is 45.4 Å². The number of nitrogens with zero attached hydrogens (tertiary/aromatic N) is 4. The average Bonchev–Trinajstić information content (AvgIpc) is 2.84. The van der Waals surface area contributed by atoms with E-state index < -0.39 is 35.7 Å². The van der Waals surface area contributed by atoms with E-state index >= 15 is 0 Å². The summed E-state index contributed by atoms with van der Waals surface area (Å²) in [5.41, 5.74) is -1.23. The van der Waals surface area contributed by atoms with Crippen LogP contribution in [0.2, 0.25) is 0 Å². The third kappa shape index (κ3) is 4.68. The number of aromatic nitrogens is 1. The molecule has 0 aromatic carbocycles. The van der Waals surface area contributed by atoms with Gasteiger partial charge in [-0.3, -0.25) is 9.78 Å². The zero-order valence-electron chi connectivity index (χ0n) is 16.5. The molecule has 1 fully saturated rings. The van der Waals surface area contributed by atoms with Gasteiger partial charge in [0, 0.05) is 37.8 Å². The molecule has 3 heterocycles. The summed E-state index contributed by atoms with van der Waals surface area (Å²) in [7, 11) is 0. The number of piperidine rings is 1. The molecular formula is C19H23F3N4O3. The van der Waals surface area contributed by atoms with Crippen LogP contribution in [0.1, 0.15) is 32.9 Å². The van der Waals surface area contributed by atoms with E-state index in [1.807, 2.05) is 0 Å². The van der Waals surface area contributed by atoms with Crippen molar-refractivity contribution in [1.29, 1.82) is 0 Å². The lowest BCUT2D eigenvalue weighted by molar-refractivity contribution is -0.163. The van der Waals surface area contributed by atoms with Gasteiger partial charge in [-0.05, 0) is 32.9 Å². The highest BCUT2D eigenvalue weighted by atomic mass is 19.4. The van der Waals surface area contributed by atoms with Gasteiger partial charge in [0.05, 0.1) is 5.71 Å². The molecule has 2 aliphatic heterocycles. The first-order valence-corrected chi connectivity index (χ1v) is 9.24. The number of alkyl halides is 3. The molecule has 1 aromatic heterocycles. The van der Waals surface area contributed by atoms with E-state index in [1.54, 1.807) is 45.2 Å². The molecule has 0 N–H and O–H groups in total. The second-order valence-corrected chi connectivity index (χ2v) is 8.26. The topological polar surface area (TPSA) is 75.1 Å². The number of hydrazone groups is 1. The van der Waals surface area contributed by atoms with Gasteiger partial charge in [0.2, 0.25) is 0 Å². The first-order chi connectivity index (χ1) is 13.4. The normalized spacial score (nSPS) is 22.4. The standard InChI is InChI=1S/C19H23F3N4O3/c1-17(2,3)29-16(28)25-9-7-14-18(11-25,10-13-6-4-5-8-23-13)15(27)26(24-14)12-19(20,21)22/h4-6,8H,7,9-12H2,1-3H3. The van der Waals surface area contributed by atoms with Gasteiger partial charge < -0.3 is 9.64 Å². The summed E-state index contributed by atoms with van der Waals surface area (Å²) in [5, 5.41) is 4.46. The van der Waals surface area contributed by atoms with Crippen LogP contribution < -0.4 is 0 Å². The number of carbonyl (C=O) groups excluding carboxylic acids is 2. The van der Waals surface area contributed by atoms with Crippen LogP contribution in [-0.4, -0.2) is 64.0 Å². The van der Waals surface area contributed by atoms with Crippen LogP contribution >= 0.6 is 0 Å². The molecular weight excluding hydrogens is 389 g/mol. The first kappa shape index (κ1) is 21.1. The van der Waals surface area contributed by atoms with E-state index in [1.165, 1.54) is 4.90 Å². The minimum atomic E-state index is -4.58. The van der Waals surface area contributed by atoms with Gasteiger partial charge in [-0.2, -0.15) is 18.3 Å². The Kier molecular flexibility index (Phi) is 5.31. The van der Waals surface area contributed by atoms with Crippen LogP contribution in [0.5, 0.6) is 0 Å². The summed E-state index contributed by atoms with van der Waals surface area (Å²) in [5.74, 6) is -0.774. The number of ether oxygens (including phenoxy) is 1. The lowest BCUT2D eigenvalue weighted by Crippen LogP contribution is -2.56. The quantitative estimate of drug-likeness (QED) is 0.765. The van der Waals surface area contributed by atoms with E-state index in [0.29, 0.717) is 16.4 Å². The summed E-state index contributed by atoms with van der Waals surface area (Å²) in [4.78, 5) is 31.2. The van der Waals surface area contributed by atoms with Gasteiger partial charge in [-0.1, -0.05) is 6.07 Å². The first-order valence-electron chi connectivity index (χ1n) is 9.24. The van der Waals surface area contributed by atoms with Crippen molar-refractivity contribution < 1.29 is 27.5 Å². The summed E-state index contributed by atoms with van der Waals surface area (Å²) in [6.07, 6.45) is -3.40. The van der Waals surface area contributed by atoms with E-state index in [2.05, 4.69) is 10.1 Å². The Labute approximate surface area is 166 Å². The van der Waals surface area contributed by atoms with Crippen molar-refractivity contribution in [3.05, 3.63) is 30.1 Å². The number of fused-ring (bicyclic) bond motifs is 1. The largest absolute Gasteiger partial charge is 0.444 e. The van der Waals surface area contributed by atoms with Crippen molar-refractivity contribution in [3.8, 4) is 0 Å². The number of carbonyl (C=O) groups is 2. The Morgan fingerprint density at radius 2 is 2.00 bits per heavy atom. The molecule has 10 heteroatoms. The lowest BCUT2D eigenvalue weighted by atomic mass is 9.74. The van der Waals surface area contributed by atoms with Gasteiger partial charge in [-0.15, -0.1) is 0 Å². The van der Waals surface area contributed by atoms with Crippen molar-refractivity contribution in [2.24, 2.45) is 10.5 Å². The number of halogens is 3. The van der Waals surface area contributed by atoms with Crippen LogP contribution in [0.4, 0.5) is 18.0 Å². The molecule has 0 aliphatic carbocycles. The molecule has 1 unspecified atom stereocenters. The van der Waals surface area contributed by atoms with Gasteiger partial charge >= 0.3 is 12.3 Å². The van der Waals surface area contributed by atoms with Crippen molar-refractivity contribution in [3.63, 3.8) is 0 Å². The van der Waals surface area contributed by atoms with Crippen LogP contribution in [0.15, 0.2) is 29.5 Å². The minimum absolute atomic E-state index is 0.0547. The number of hydrogen-bond acceptors (Lipinski definition) is 5. The number of pyridine rings is 1. The maximum Gasteiger partial charge on any atom is 0.410 e. The Morgan fingerprint density at radius 1 is 1.28 bits per heavy atom. The predicted octanol–water partition coefficient (Wildman–Crippen LogP) is 3.01. The third-order valence-corrected chi connectivity index (χ3v) is 4.71. The smallest absolute Gasteiger partial charge is 0.410 e. The fourth-order valence-corrected chi connectivity index (χ4v) is 3.56. The van der Waals surface area contributed by atoms with Gasteiger partial charge in [0.1, 0.15) is 17.6 Å². The fourth-order valence-electron chi connectivity index (χ4n) is 3.56. The van der Waals surface area contributed by atoms with Gasteiger partial charge in [0.25, 0.3) is 5.91 Å². The zero-order valence-corrected chi connectivity index (χ0v) is 16.5. The highest BCUT2D eigenvalue weighted by Gasteiger charge is 2.56. The molecule has 1 atom stereocenters. The van der Waals surface area contributed by atoms with Crippen molar-refractivity contribution in [2.75, 3.05) is 19.6 Å². The summed E-state index contributed by atoms with van der Waals surface area (Å²) < 4.78 is 44.2. The summed E-state index contributed by atoms with van der Waals surface area (Å²) in [6, 6.07) is 5.13. The average molecular weight is 412 g/mol. The molecule has 0 spiro atoms. The molecule has 1 saturated heterocycles.